The standard InChI is InChI=1S/C15H15NO6/c1-21-10-2-3-11-9(7-15(20)22-12(11)8-10)6-13(17)16-5-4-14(18)19/h2-3,7-8H,4-6H2,1H3,(H,16,17)(H,18,19). The molecular formula is C15H15NO6. The molecule has 0 aliphatic heterocycles. The molecule has 2 aromatic rings. The number of hydrogen-bond donors (Lipinski definition) is 2. The molecule has 0 fully saturated rings. The summed E-state index contributed by atoms with van der Waals surface area (Å²) in [6.45, 7) is 0.0430. The molecule has 0 spiro atoms. The Bertz CT molecular complexity index is 764. The van der Waals surface area contributed by atoms with E-state index in [4.69, 9.17) is 14.3 Å². The van der Waals surface area contributed by atoms with Gasteiger partial charge in [-0.15, -0.1) is 0 Å². The van der Waals surface area contributed by atoms with Crippen molar-refractivity contribution < 1.29 is 23.8 Å². The number of carboxylic acids is 1. The van der Waals surface area contributed by atoms with Crippen LogP contribution in [0.15, 0.2) is 33.5 Å². The number of methoxy groups -OCH3 is 1. The predicted molar refractivity (Wildman–Crippen MR) is 78.0 cm³/mol. The Morgan fingerprint density at radius 2 is 2.09 bits per heavy atom. The molecule has 7 heteroatoms. The van der Waals surface area contributed by atoms with E-state index in [1.165, 1.54) is 13.2 Å². The van der Waals surface area contributed by atoms with Crippen molar-refractivity contribution in [2.45, 2.75) is 12.8 Å². The first kappa shape index (κ1) is 15.6. The zero-order valence-electron chi connectivity index (χ0n) is 11.9. The number of carbonyl (C=O) groups is 2. The fraction of sp³-hybridized carbons (Fsp3) is 0.267. The smallest absolute Gasteiger partial charge is 0.336 e. The first-order valence-electron chi connectivity index (χ1n) is 6.59. The van der Waals surface area contributed by atoms with Gasteiger partial charge in [0.05, 0.1) is 20.0 Å². The predicted octanol–water partition coefficient (Wildman–Crippen LogP) is 0.935. The number of carboxylic acid groups (broad SMARTS) is 1. The van der Waals surface area contributed by atoms with Crippen molar-refractivity contribution in [3.05, 3.63) is 40.2 Å². The van der Waals surface area contributed by atoms with Gasteiger partial charge < -0.3 is 19.6 Å². The van der Waals surface area contributed by atoms with Crippen LogP contribution in [0.4, 0.5) is 0 Å². The number of carbonyl (C=O) groups excluding carboxylic acids is 1. The van der Waals surface area contributed by atoms with Crippen LogP contribution < -0.4 is 15.7 Å². The average Bonchev–Trinajstić information content (AvgIpc) is 2.45. The van der Waals surface area contributed by atoms with Gasteiger partial charge in [0.15, 0.2) is 0 Å². The molecule has 1 aromatic carbocycles. The van der Waals surface area contributed by atoms with Crippen molar-refractivity contribution >= 4 is 22.8 Å². The summed E-state index contributed by atoms with van der Waals surface area (Å²) in [7, 11) is 1.50. The van der Waals surface area contributed by atoms with Crippen molar-refractivity contribution in [3.8, 4) is 5.75 Å². The first-order valence-corrected chi connectivity index (χ1v) is 6.59. The van der Waals surface area contributed by atoms with Crippen molar-refractivity contribution in [2.24, 2.45) is 0 Å². The molecule has 1 aromatic heterocycles. The second-order valence-electron chi connectivity index (χ2n) is 4.62. The lowest BCUT2D eigenvalue weighted by Crippen LogP contribution is -2.27. The average molecular weight is 305 g/mol. The third kappa shape index (κ3) is 3.85. The number of fused-ring (bicyclic) bond motifs is 1. The highest BCUT2D eigenvalue weighted by Crippen LogP contribution is 2.22. The van der Waals surface area contributed by atoms with E-state index in [0.717, 1.165) is 0 Å². The minimum absolute atomic E-state index is 0.0337. The molecule has 0 saturated heterocycles. The molecule has 0 saturated carbocycles. The fourth-order valence-electron chi connectivity index (χ4n) is 2.03. The summed E-state index contributed by atoms with van der Waals surface area (Å²) in [4.78, 5) is 33.8. The van der Waals surface area contributed by atoms with Crippen LogP contribution in [0.3, 0.4) is 0 Å². The molecule has 2 rings (SSSR count). The van der Waals surface area contributed by atoms with Crippen LogP contribution in [0.25, 0.3) is 11.0 Å². The zero-order valence-corrected chi connectivity index (χ0v) is 11.9. The van der Waals surface area contributed by atoms with Gasteiger partial charge in [-0.2, -0.15) is 0 Å². The molecule has 0 unspecified atom stereocenters. The summed E-state index contributed by atoms with van der Waals surface area (Å²) >= 11 is 0. The molecule has 2 N–H and O–H groups in total. The van der Waals surface area contributed by atoms with E-state index >= 15 is 0 Å². The molecule has 0 aliphatic carbocycles. The van der Waals surface area contributed by atoms with Gasteiger partial charge >= 0.3 is 11.6 Å². The zero-order chi connectivity index (χ0) is 16.1. The number of nitrogens with one attached hydrogen (secondary N) is 1. The van der Waals surface area contributed by atoms with E-state index in [2.05, 4.69) is 5.32 Å². The summed E-state index contributed by atoms with van der Waals surface area (Å²) in [5, 5.41) is 11.7. The highest BCUT2D eigenvalue weighted by Gasteiger charge is 2.11. The summed E-state index contributed by atoms with van der Waals surface area (Å²) in [6.07, 6.45) is -0.186. The second-order valence-corrected chi connectivity index (χ2v) is 4.62. The van der Waals surface area contributed by atoms with Crippen molar-refractivity contribution in [3.63, 3.8) is 0 Å². The largest absolute Gasteiger partial charge is 0.497 e. The normalized spacial score (nSPS) is 10.4. The van der Waals surface area contributed by atoms with E-state index in [1.54, 1.807) is 18.2 Å². The Morgan fingerprint density at radius 3 is 2.77 bits per heavy atom. The van der Waals surface area contributed by atoms with Gasteiger partial charge in [0.1, 0.15) is 11.3 Å². The molecule has 22 heavy (non-hydrogen) atoms. The minimum Gasteiger partial charge on any atom is -0.497 e. The van der Waals surface area contributed by atoms with Crippen molar-refractivity contribution in [2.75, 3.05) is 13.7 Å². The second kappa shape index (κ2) is 6.75. The SMILES string of the molecule is COc1ccc2c(CC(=O)NCCC(=O)O)cc(=O)oc2c1. The Balaban J connectivity index is 2.21. The molecule has 116 valence electrons. The van der Waals surface area contributed by atoms with Crippen LogP contribution in [-0.2, 0) is 16.0 Å². The summed E-state index contributed by atoms with van der Waals surface area (Å²) < 4.78 is 10.2. The van der Waals surface area contributed by atoms with Gasteiger partial charge in [0, 0.05) is 24.1 Å². The quantitative estimate of drug-likeness (QED) is 0.769. The van der Waals surface area contributed by atoms with Crippen LogP contribution in [0, 0.1) is 0 Å². The molecule has 0 atom stereocenters. The molecule has 0 aliphatic rings. The maximum atomic E-state index is 11.8. The summed E-state index contributed by atoms with van der Waals surface area (Å²) in [6, 6.07) is 6.24. The molecule has 1 amide bonds. The van der Waals surface area contributed by atoms with Crippen LogP contribution >= 0.6 is 0 Å². The topological polar surface area (TPSA) is 106 Å². The number of aliphatic carboxylic acids is 1. The lowest BCUT2D eigenvalue weighted by molar-refractivity contribution is -0.136. The van der Waals surface area contributed by atoms with Crippen LogP contribution in [0.5, 0.6) is 5.75 Å². The third-order valence-electron chi connectivity index (χ3n) is 3.05. The Morgan fingerprint density at radius 1 is 1.32 bits per heavy atom. The summed E-state index contributed by atoms with van der Waals surface area (Å²) in [5.74, 6) is -0.805. The Labute approximate surface area is 125 Å². The summed E-state index contributed by atoms with van der Waals surface area (Å²) in [5.41, 5.74) is 0.288. The van der Waals surface area contributed by atoms with Gasteiger partial charge in [-0.05, 0) is 17.7 Å². The highest BCUT2D eigenvalue weighted by atomic mass is 16.5. The van der Waals surface area contributed by atoms with E-state index < -0.39 is 11.6 Å². The Hall–Kier alpha value is -2.83. The van der Waals surface area contributed by atoms with Gasteiger partial charge in [-0.25, -0.2) is 4.79 Å². The number of benzene rings is 1. The van der Waals surface area contributed by atoms with E-state index in [1.807, 2.05) is 0 Å². The first-order chi connectivity index (χ1) is 10.5. The molecular weight excluding hydrogens is 290 g/mol. The molecule has 0 radical (unpaired) electrons. The van der Waals surface area contributed by atoms with Crippen molar-refractivity contribution in [1.29, 1.82) is 0 Å². The van der Waals surface area contributed by atoms with Gasteiger partial charge in [-0.3, -0.25) is 9.59 Å². The fourth-order valence-corrected chi connectivity index (χ4v) is 2.03. The highest BCUT2D eigenvalue weighted by molar-refractivity contribution is 5.87. The van der Waals surface area contributed by atoms with Crippen LogP contribution in [-0.4, -0.2) is 30.6 Å². The molecule has 7 nitrogen and oxygen atoms in total. The third-order valence-corrected chi connectivity index (χ3v) is 3.05. The number of rotatable bonds is 6. The van der Waals surface area contributed by atoms with Crippen LogP contribution in [0.1, 0.15) is 12.0 Å². The van der Waals surface area contributed by atoms with E-state index in [-0.39, 0.29) is 25.3 Å². The van der Waals surface area contributed by atoms with Crippen LogP contribution in [0.2, 0.25) is 0 Å². The lowest BCUT2D eigenvalue weighted by atomic mass is 10.1. The van der Waals surface area contributed by atoms with Gasteiger partial charge in [-0.1, -0.05) is 0 Å². The lowest BCUT2D eigenvalue weighted by Gasteiger charge is -2.07. The van der Waals surface area contributed by atoms with E-state index in [9.17, 15) is 14.4 Å². The molecule has 0 bridgehead atoms. The van der Waals surface area contributed by atoms with Gasteiger partial charge in [0.2, 0.25) is 5.91 Å². The monoisotopic (exact) mass is 305 g/mol. The minimum atomic E-state index is -0.988. The molecule has 1 heterocycles. The van der Waals surface area contributed by atoms with Gasteiger partial charge in [0.25, 0.3) is 0 Å². The maximum Gasteiger partial charge on any atom is 0.336 e. The number of amides is 1. The van der Waals surface area contributed by atoms with E-state index in [0.29, 0.717) is 22.3 Å². The van der Waals surface area contributed by atoms with Crippen molar-refractivity contribution in [1.82, 2.24) is 5.32 Å². The number of hydrogen-bond acceptors (Lipinski definition) is 5. The number of ether oxygens (including phenoxy) is 1. The Kier molecular flexibility index (Phi) is 4.77. The maximum absolute atomic E-state index is 11.8.